The van der Waals surface area contributed by atoms with Crippen LogP contribution in [0.15, 0.2) is 0 Å². The summed E-state index contributed by atoms with van der Waals surface area (Å²) in [5, 5.41) is 0. The lowest BCUT2D eigenvalue weighted by Gasteiger charge is -2.19. The van der Waals surface area contributed by atoms with Gasteiger partial charge < -0.3 is 4.74 Å². The first-order valence-corrected chi connectivity index (χ1v) is 5.13. The molecule has 78 valence electrons. The largest absolute Gasteiger partial charge is 0.463 e. The SMILES string of the molecule is CC(C)OC(=O)CC(C)C(Cl)(Cl)Cl. The highest BCUT2D eigenvalue weighted by Crippen LogP contribution is 2.36. The maximum absolute atomic E-state index is 11.1. The first-order valence-electron chi connectivity index (χ1n) is 3.99. The van der Waals surface area contributed by atoms with E-state index in [1.54, 1.807) is 20.8 Å². The second kappa shape index (κ2) is 5.28. The lowest BCUT2D eigenvalue weighted by Crippen LogP contribution is -2.22. The highest BCUT2D eigenvalue weighted by Gasteiger charge is 2.30. The van der Waals surface area contributed by atoms with Crippen molar-refractivity contribution in [2.45, 2.75) is 37.1 Å². The van der Waals surface area contributed by atoms with Crippen molar-refractivity contribution in [3.05, 3.63) is 0 Å². The molecule has 0 aromatic carbocycles. The Kier molecular flexibility index (Phi) is 5.42. The van der Waals surface area contributed by atoms with Gasteiger partial charge in [0.2, 0.25) is 0 Å². The van der Waals surface area contributed by atoms with E-state index in [-0.39, 0.29) is 24.4 Å². The number of carbonyl (C=O) groups excluding carboxylic acids is 1. The predicted octanol–water partition coefficient (Wildman–Crippen LogP) is 3.33. The van der Waals surface area contributed by atoms with Gasteiger partial charge in [0.1, 0.15) is 0 Å². The summed E-state index contributed by atoms with van der Waals surface area (Å²) in [6, 6.07) is 0. The van der Waals surface area contributed by atoms with Crippen LogP contribution >= 0.6 is 34.8 Å². The van der Waals surface area contributed by atoms with Crippen molar-refractivity contribution >= 4 is 40.8 Å². The predicted molar refractivity (Wildman–Crippen MR) is 55.3 cm³/mol. The fourth-order valence-corrected chi connectivity index (χ4v) is 0.908. The van der Waals surface area contributed by atoms with Crippen LogP contribution < -0.4 is 0 Å². The molecule has 0 aliphatic rings. The number of hydrogen-bond acceptors (Lipinski definition) is 2. The van der Waals surface area contributed by atoms with Crippen LogP contribution in [-0.2, 0) is 9.53 Å². The third-order valence-corrected chi connectivity index (χ3v) is 2.52. The first kappa shape index (κ1) is 13.3. The molecular weight excluding hydrogens is 234 g/mol. The average molecular weight is 248 g/mol. The van der Waals surface area contributed by atoms with Crippen LogP contribution in [0.4, 0.5) is 0 Å². The Morgan fingerprint density at radius 2 is 1.77 bits per heavy atom. The summed E-state index contributed by atoms with van der Waals surface area (Å²) < 4.78 is 3.49. The van der Waals surface area contributed by atoms with E-state index in [1.807, 2.05) is 0 Å². The summed E-state index contributed by atoms with van der Waals surface area (Å²) in [6.07, 6.45) is -0.00984. The molecule has 0 fully saturated rings. The quantitative estimate of drug-likeness (QED) is 0.565. The summed E-state index contributed by atoms with van der Waals surface area (Å²) >= 11 is 16.8. The molecule has 0 aromatic rings. The minimum Gasteiger partial charge on any atom is -0.463 e. The molecule has 0 saturated heterocycles. The summed E-state index contributed by atoms with van der Waals surface area (Å²) in [7, 11) is 0. The van der Waals surface area contributed by atoms with Gasteiger partial charge in [-0.15, -0.1) is 0 Å². The van der Waals surface area contributed by atoms with Crippen molar-refractivity contribution < 1.29 is 9.53 Å². The Bertz CT molecular complexity index is 175. The minimum absolute atomic E-state index is 0.120. The molecule has 13 heavy (non-hydrogen) atoms. The summed E-state index contributed by atoms with van der Waals surface area (Å²) in [5.41, 5.74) is 0. The van der Waals surface area contributed by atoms with Crippen molar-refractivity contribution in [2.24, 2.45) is 5.92 Å². The van der Waals surface area contributed by atoms with Crippen LogP contribution in [0.2, 0.25) is 0 Å². The van der Waals surface area contributed by atoms with Crippen molar-refractivity contribution in [3.63, 3.8) is 0 Å². The second-order valence-corrected chi connectivity index (χ2v) is 5.55. The van der Waals surface area contributed by atoms with Crippen LogP contribution in [0.5, 0.6) is 0 Å². The van der Waals surface area contributed by atoms with Gasteiger partial charge >= 0.3 is 5.97 Å². The molecule has 0 amide bonds. The maximum Gasteiger partial charge on any atom is 0.306 e. The van der Waals surface area contributed by atoms with Crippen molar-refractivity contribution in [1.82, 2.24) is 0 Å². The maximum atomic E-state index is 11.1. The standard InChI is InChI=1S/C8H13Cl3O2/c1-5(2)13-7(12)4-6(3)8(9,10)11/h5-6H,4H2,1-3H3. The molecule has 0 spiro atoms. The van der Waals surface area contributed by atoms with E-state index in [1.165, 1.54) is 0 Å². The van der Waals surface area contributed by atoms with E-state index < -0.39 is 3.79 Å². The molecule has 0 aliphatic heterocycles. The molecule has 5 heteroatoms. The molecule has 1 unspecified atom stereocenters. The molecule has 0 heterocycles. The number of ether oxygens (including phenoxy) is 1. The van der Waals surface area contributed by atoms with E-state index in [9.17, 15) is 4.79 Å². The number of alkyl halides is 3. The topological polar surface area (TPSA) is 26.3 Å². The van der Waals surface area contributed by atoms with Crippen LogP contribution in [0.3, 0.4) is 0 Å². The lowest BCUT2D eigenvalue weighted by molar-refractivity contribution is -0.148. The monoisotopic (exact) mass is 246 g/mol. The average Bonchev–Trinajstić information content (AvgIpc) is 1.82. The summed E-state index contributed by atoms with van der Waals surface area (Å²) in [5.74, 6) is -0.683. The minimum atomic E-state index is -1.41. The fraction of sp³-hybridized carbons (Fsp3) is 0.875. The molecule has 0 bridgehead atoms. The summed E-state index contributed by atoms with van der Waals surface area (Å²) in [4.78, 5) is 11.1. The number of rotatable bonds is 3. The van der Waals surface area contributed by atoms with Crippen molar-refractivity contribution in [2.75, 3.05) is 0 Å². The zero-order valence-electron chi connectivity index (χ0n) is 7.81. The van der Waals surface area contributed by atoms with E-state index in [0.29, 0.717) is 0 Å². The molecule has 0 radical (unpaired) electrons. The van der Waals surface area contributed by atoms with Gasteiger partial charge in [0.25, 0.3) is 0 Å². The van der Waals surface area contributed by atoms with Crippen LogP contribution in [0.25, 0.3) is 0 Å². The normalized spacial score (nSPS) is 14.4. The number of esters is 1. The highest BCUT2D eigenvalue weighted by molar-refractivity contribution is 6.67. The third kappa shape index (κ3) is 6.42. The molecule has 0 saturated carbocycles. The Morgan fingerprint density at radius 1 is 1.31 bits per heavy atom. The smallest absolute Gasteiger partial charge is 0.306 e. The Morgan fingerprint density at radius 3 is 2.08 bits per heavy atom. The van der Waals surface area contributed by atoms with E-state index in [4.69, 9.17) is 39.5 Å². The van der Waals surface area contributed by atoms with Gasteiger partial charge in [0, 0.05) is 5.92 Å². The van der Waals surface area contributed by atoms with Crippen molar-refractivity contribution in [3.8, 4) is 0 Å². The Hall–Kier alpha value is 0.340. The van der Waals surface area contributed by atoms with E-state index in [0.717, 1.165) is 0 Å². The molecule has 2 nitrogen and oxygen atoms in total. The van der Waals surface area contributed by atoms with Gasteiger partial charge in [0.05, 0.1) is 12.5 Å². The molecule has 0 aliphatic carbocycles. The Labute approximate surface area is 93.5 Å². The van der Waals surface area contributed by atoms with Gasteiger partial charge in [-0.2, -0.15) is 0 Å². The third-order valence-electron chi connectivity index (χ3n) is 1.40. The molecule has 0 aromatic heterocycles. The molecule has 0 rings (SSSR count). The molecule has 0 N–H and O–H groups in total. The van der Waals surface area contributed by atoms with Gasteiger partial charge in [-0.25, -0.2) is 0 Å². The number of halogens is 3. The van der Waals surface area contributed by atoms with E-state index in [2.05, 4.69) is 0 Å². The van der Waals surface area contributed by atoms with Gasteiger partial charge in [-0.1, -0.05) is 41.7 Å². The van der Waals surface area contributed by atoms with Crippen LogP contribution in [-0.4, -0.2) is 15.9 Å². The second-order valence-electron chi connectivity index (χ2n) is 3.19. The molecular formula is C8H13Cl3O2. The molecule has 1 atom stereocenters. The van der Waals surface area contributed by atoms with Crippen LogP contribution in [0.1, 0.15) is 27.2 Å². The number of hydrogen-bond donors (Lipinski definition) is 0. The van der Waals surface area contributed by atoms with Gasteiger partial charge in [0.15, 0.2) is 3.79 Å². The fourth-order valence-electron chi connectivity index (χ4n) is 0.677. The lowest BCUT2D eigenvalue weighted by atomic mass is 10.1. The Balaban J connectivity index is 3.93. The first-order chi connectivity index (χ1) is 5.73. The van der Waals surface area contributed by atoms with Gasteiger partial charge in [-0.3, -0.25) is 4.79 Å². The van der Waals surface area contributed by atoms with Crippen molar-refractivity contribution in [1.29, 1.82) is 0 Å². The zero-order chi connectivity index (χ0) is 10.6. The number of carbonyl (C=O) groups is 1. The van der Waals surface area contributed by atoms with E-state index >= 15 is 0 Å². The van der Waals surface area contributed by atoms with Crippen LogP contribution in [0, 0.1) is 5.92 Å². The highest BCUT2D eigenvalue weighted by atomic mass is 35.6. The van der Waals surface area contributed by atoms with Gasteiger partial charge in [-0.05, 0) is 13.8 Å². The zero-order valence-corrected chi connectivity index (χ0v) is 10.1. The summed E-state index contributed by atoms with van der Waals surface area (Å²) in [6.45, 7) is 5.24.